The zero-order valence-corrected chi connectivity index (χ0v) is 17.5. The number of hydrogen-bond donors (Lipinski definition) is 2. The van der Waals surface area contributed by atoms with Gasteiger partial charge in [-0.05, 0) is 63.6 Å². The molecule has 2 aromatic carbocycles. The third-order valence-corrected chi connectivity index (χ3v) is 4.23. The number of rotatable bonds is 8. The van der Waals surface area contributed by atoms with Gasteiger partial charge in [0.1, 0.15) is 11.6 Å². The Morgan fingerprint density at radius 1 is 1.15 bits per heavy atom. The maximum atomic E-state index is 13.7. The Morgan fingerprint density at radius 2 is 1.89 bits per heavy atom. The fourth-order valence-corrected chi connectivity index (χ4v) is 2.98. The fraction of sp³-hybridized carbons (Fsp3) is 0.381. The Labute approximate surface area is 168 Å². The van der Waals surface area contributed by atoms with E-state index in [4.69, 9.17) is 4.74 Å². The summed E-state index contributed by atoms with van der Waals surface area (Å²) in [4.78, 5) is 12.0. The molecule has 4 nitrogen and oxygen atoms in total. The van der Waals surface area contributed by atoms with Crippen LogP contribution in [0.25, 0.3) is 0 Å². The average Bonchev–Trinajstić information content (AvgIpc) is 2.58. The maximum Gasteiger partial charge on any atom is 0.258 e. The minimum absolute atomic E-state index is 0.0405. The highest BCUT2D eigenvalue weighted by Gasteiger charge is 2.15. The number of amides is 1. The molecule has 6 heteroatoms. The van der Waals surface area contributed by atoms with E-state index < -0.39 is 0 Å². The van der Waals surface area contributed by atoms with Crippen molar-refractivity contribution >= 4 is 21.8 Å². The van der Waals surface area contributed by atoms with Crippen molar-refractivity contribution in [1.29, 1.82) is 0 Å². The Bertz CT molecular complexity index is 775. The van der Waals surface area contributed by atoms with E-state index >= 15 is 0 Å². The van der Waals surface area contributed by atoms with E-state index in [1.807, 2.05) is 45.0 Å². The maximum absolute atomic E-state index is 13.7. The van der Waals surface area contributed by atoms with E-state index in [1.165, 1.54) is 6.07 Å². The second-order valence-corrected chi connectivity index (χ2v) is 8.27. The Morgan fingerprint density at radius 3 is 2.59 bits per heavy atom. The van der Waals surface area contributed by atoms with Gasteiger partial charge in [-0.25, -0.2) is 4.39 Å². The molecular weight excluding hydrogens is 411 g/mol. The van der Waals surface area contributed by atoms with Crippen molar-refractivity contribution in [3.63, 3.8) is 0 Å². The molecule has 2 aromatic rings. The first-order chi connectivity index (χ1) is 12.7. The van der Waals surface area contributed by atoms with Crippen LogP contribution in [0.4, 0.5) is 4.39 Å². The average molecular weight is 437 g/mol. The molecule has 0 spiro atoms. The van der Waals surface area contributed by atoms with Crippen molar-refractivity contribution in [2.24, 2.45) is 0 Å². The molecular formula is C21H26BrFN2O2. The second-order valence-electron chi connectivity index (χ2n) is 7.36. The van der Waals surface area contributed by atoms with Gasteiger partial charge in [0.05, 0.1) is 0 Å². The van der Waals surface area contributed by atoms with Crippen LogP contribution in [0.5, 0.6) is 5.75 Å². The van der Waals surface area contributed by atoms with Crippen molar-refractivity contribution in [3.8, 4) is 5.75 Å². The minimum Gasteiger partial charge on any atom is -0.483 e. The second kappa shape index (κ2) is 9.85. The van der Waals surface area contributed by atoms with Crippen LogP contribution in [0.2, 0.25) is 0 Å². The van der Waals surface area contributed by atoms with Gasteiger partial charge < -0.3 is 15.4 Å². The normalized spacial score (nSPS) is 11.3. The SMILES string of the molecule is CC(C)(C)NC(=O)COc1ccc(Br)cc1CNCCc1ccccc1F. The molecule has 2 rings (SSSR count). The summed E-state index contributed by atoms with van der Waals surface area (Å²) in [5.41, 5.74) is 1.33. The highest BCUT2D eigenvalue weighted by Crippen LogP contribution is 2.23. The molecule has 146 valence electrons. The van der Waals surface area contributed by atoms with Gasteiger partial charge in [0, 0.05) is 22.1 Å². The lowest BCUT2D eigenvalue weighted by molar-refractivity contribution is -0.124. The van der Waals surface area contributed by atoms with Crippen molar-refractivity contribution in [2.45, 2.75) is 39.3 Å². The van der Waals surface area contributed by atoms with Gasteiger partial charge in [-0.15, -0.1) is 0 Å². The third-order valence-electron chi connectivity index (χ3n) is 3.74. The van der Waals surface area contributed by atoms with Gasteiger partial charge in [-0.2, -0.15) is 0 Å². The van der Waals surface area contributed by atoms with E-state index in [2.05, 4.69) is 26.6 Å². The molecule has 0 fully saturated rings. The van der Waals surface area contributed by atoms with Crippen LogP contribution in [0.1, 0.15) is 31.9 Å². The fourth-order valence-electron chi connectivity index (χ4n) is 2.57. The van der Waals surface area contributed by atoms with Crippen molar-refractivity contribution in [2.75, 3.05) is 13.2 Å². The number of carbonyl (C=O) groups excluding carboxylic acids is 1. The summed E-state index contributed by atoms with van der Waals surface area (Å²) in [5, 5.41) is 6.17. The van der Waals surface area contributed by atoms with Gasteiger partial charge in [-0.3, -0.25) is 4.79 Å². The molecule has 0 radical (unpaired) electrons. The molecule has 0 bridgehead atoms. The number of nitrogens with one attached hydrogen (secondary N) is 2. The van der Waals surface area contributed by atoms with Crippen LogP contribution in [-0.2, 0) is 17.8 Å². The molecule has 27 heavy (non-hydrogen) atoms. The molecule has 0 atom stereocenters. The van der Waals surface area contributed by atoms with Gasteiger partial charge in [0.2, 0.25) is 0 Å². The summed E-state index contributed by atoms with van der Waals surface area (Å²) >= 11 is 3.46. The summed E-state index contributed by atoms with van der Waals surface area (Å²) in [6, 6.07) is 12.4. The molecule has 1 amide bonds. The summed E-state index contributed by atoms with van der Waals surface area (Å²) in [7, 11) is 0. The topological polar surface area (TPSA) is 50.4 Å². The van der Waals surface area contributed by atoms with Crippen LogP contribution in [0, 0.1) is 5.82 Å². The molecule has 2 N–H and O–H groups in total. The zero-order valence-electron chi connectivity index (χ0n) is 15.9. The first-order valence-electron chi connectivity index (χ1n) is 8.91. The van der Waals surface area contributed by atoms with Gasteiger partial charge in [-0.1, -0.05) is 34.1 Å². The highest BCUT2D eigenvalue weighted by atomic mass is 79.9. The van der Waals surface area contributed by atoms with E-state index in [0.717, 1.165) is 10.0 Å². The number of benzene rings is 2. The molecule has 0 aliphatic carbocycles. The first kappa shape index (κ1) is 21.4. The molecule has 0 saturated heterocycles. The largest absolute Gasteiger partial charge is 0.483 e. The third kappa shape index (κ3) is 7.69. The Balaban J connectivity index is 1.89. The standard InChI is InChI=1S/C21H26BrFN2O2/c1-21(2,3)25-20(26)14-27-19-9-8-17(22)12-16(19)13-24-11-10-15-6-4-5-7-18(15)23/h4-9,12,24H,10-11,13-14H2,1-3H3,(H,25,26). The Hall–Kier alpha value is -1.92. The van der Waals surface area contributed by atoms with Crippen LogP contribution in [0.3, 0.4) is 0 Å². The van der Waals surface area contributed by atoms with E-state index in [1.54, 1.807) is 12.1 Å². The van der Waals surface area contributed by atoms with Crippen molar-refractivity contribution in [3.05, 3.63) is 63.9 Å². The zero-order chi connectivity index (χ0) is 19.9. The lowest BCUT2D eigenvalue weighted by Gasteiger charge is -2.21. The van der Waals surface area contributed by atoms with Crippen molar-refractivity contribution < 1.29 is 13.9 Å². The van der Waals surface area contributed by atoms with Crippen LogP contribution in [0.15, 0.2) is 46.9 Å². The number of hydrogen-bond acceptors (Lipinski definition) is 3. The molecule has 0 unspecified atom stereocenters. The lowest BCUT2D eigenvalue weighted by atomic mass is 10.1. The van der Waals surface area contributed by atoms with Crippen LogP contribution < -0.4 is 15.4 Å². The van der Waals surface area contributed by atoms with Crippen LogP contribution in [-0.4, -0.2) is 24.6 Å². The number of halogens is 2. The van der Waals surface area contributed by atoms with Crippen molar-refractivity contribution in [1.82, 2.24) is 10.6 Å². The summed E-state index contributed by atoms with van der Waals surface area (Å²) in [6.07, 6.45) is 0.602. The predicted octanol–water partition coefficient (Wildman–Crippen LogP) is 4.21. The molecule has 0 aromatic heterocycles. The Kier molecular flexibility index (Phi) is 7.80. The van der Waals surface area contributed by atoms with E-state index in [-0.39, 0.29) is 23.9 Å². The summed E-state index contributed by atoms with van der Waals surface area (Å²) in [5.74, 6) is 0.306. The van der Waals surface area contributed by atoms with Gasteiger partial charge in [0.15, 0.2) is 6.61 Å². The molecule has 0 aliphatic heterocycles. The quantitative estimate of drug-likeness (QED) is 0.609. The summed E-state index contributed by atoms with van der Waals surface area (Å²) < 4.78 is 20.3. The highest BCUT2D eigenvalue weighted by molar-refractivity contribution is 9.10. The molecule has 0 aliphatic rings. The summed E-state index contributed by atoms with van der Waals surface area (Å²) in [6.45, 7) is 6.93. The smallest absolute Gasteiger partial charge is 0.258 e. The first-order valence-corrected chi connectivity index (χ1v) is 9.70. The van der Waals surface area contributed by atoms with Gasteiger partial charge >= 0.3 is 0 Å². The molecule has 0 heterocycles. The predicted molar refractivity (Wildman–Crippen MR) is 109 cm³/mol. The monoisotopic (exact) mass is 436 g/mol. The lowest BCUT2D eigenvalue weighted by Crippen LogP contribution is -2.43. The van der Waals surface area contributed by atoms with E-state index in [0.29, 0.717) is 30.8 Å². The van der Waals surface area contributed by atoms with E-state index in [9.17, 15) is 9.18 Å². The van der Waals surface area contributed by atoms with Gasteiger partial charge in [0.25, 0.3) is 5.91 Å². The van der Waals surface area contributed by atoms with Crippen LogP contribution >= 0.6 is 15.9 Å². The number of carbonyl (C=O) groups is 1. The number of ether oxygens (including phenoxy) is 1. The minimum atomic E-state index is -0.294. The molecule has 0 saturated carbocycles.